The molecular formula is C14H18ClNO. The number of carbonyl (C=O) groups excluding carboxylic acids is 1. The third-order valence-corrected chi connectivity index (χ3v) is 3.78. The maximum Gasteiger partial charge on any atom is 0.152 e. The Labute approximate surface area is 108 Å². The standard InChI is InChI=1S/C14H18ClNO/c1-10-3-4-11(2)16(8-10)14-6-5-13(15)7-12(14)9-17/h5-7,9-11H,3-4,8H2,1-2H3. The van der Waals surface area contributed by atoms with Gasteiger partial charge in [0.2, 0.25) is 0 Å². The average Bonchev–Trinajstić information content (AvgIpc) is 2.32. The van der Waals surface area contributed by atoms with Crippen LogP contribution in [0.2, 0.25) is 5.02 Å². The van der Waals surface area contributed by atoms with Crippen molar-refractivity contribution in [2.24, 2.45) is 5.92 Å². The molecule has 0 N–H and O–H groups in total. The molecule has 2 unspecified atom stereocenters. The van der Waals surface area contributed by atoms with Crippen LogP contribution in [0.15, 0.2) is 18.2 Å². The maximum absolute atomic E-state index is 11.1. The van der Waals surface area contributed by atoms with E-state index in [1.807, 2.05) is 12.1 Å². The van der Waals surface area contributed by atoms with Gasteiger partial charge in [-0.3, -0.25) is 4.79 Å². The van der Waals surface area contributed by atoms with Crippen LogP contribution in [-0.4, -0.2) is 18.9 Å². The summed E-state index contributed by atoms with van der Waals surface area (Å²) < 4.78 is 0. The average molecular weight is 252 g/mol. The number of piperidine rings is 1. The lowest BCUT2D eigenvalue weighted by molar-refractivity contribution is 0.112. The molecule has 1 aliphatic heterocycles. The van der Waals surface area contributed by atoms with Crippen LogP contribution in [0, 0.1) is 5.92 Å². The fraction of sp³-hybridized carbons (Fsp3) is 0.500. The Balaban J connectivity index is 2.34. The molecule has 0 radical (unpaired) electrons. The summed E-state index contributed by atoms with van der Waals surface area (Å²) in [5.41, 5.74) is 1.71. The molecule has 3 heteroatoms. The first kappa shape index (κ1) is 12.4. The summed E-state index contributed by atoms with van der Waals surface area (Å²) in [4.78, 5) is 13.5. The normalized spacial score (nSPS) is 24.8. The molecule has 0 spiro atoms. The van der Waals surface area contributed by atoms with Crippen molar-refractivity contribution in [2.45, 2.75) is 32.7 Å². The van der Waals surface area contributed by atoms with Crippen molar-refractivity contribution in [3.8, 4) is 0 Å². The van der Waals surface area contributed by atoms with Gasteiger partial charge in [-0.1, -0.05) is 18.5 Å². The van der Waals surface area contributed by atoms with Crippen molar-refractivity contribution in [3.05, 3.63) is 28.8 Å². The molecule has 1 heterocycles. The summed E-state index contributed by atoms with van der Waals surface area (Å²) >= 11 is 5.92. The number of hydrogen-bond acceptors (Lipinski definition) is 2. The Morgan fingerprint density at radius 1 is 1.35 bits per heavy atom. The Morgan fingerprint density at radius 3 is 2.82 bits per heavy atom. The zero-order valence-electron chi connectivity index (χ0n) is 10.3. The molecule has 2 atom stereocenters. The molecule has 0 aliphatic carbocycles. The zero-order chi connectivity index (χ0) is 12.4. The molecule has 0 amide bonds. The Hall–Kier alpha value is -1.02. The second-order valence-electron chi connectivity index (χ2n) is 5.00. The minimum atomic E-state index is 0.492. The third kappa shape index (κ3) is 2.63. The van der Waals surface area contributed by atoms with Gasteiger partial charge in [-0.05, 0) is 43.9 Å². The Morgan fingerprint density at radius 2 is 2.12 bits per heavy atom. The van der Waals surface area contributed by atoms with E-state index in [4.69, 9.17) is 11.6 Å². The van der Waals surface area contributed by atoms with Crippen molar-refractivity contribution >= 4 is 23.6 Å². The number of carbonyl (C=O) groups is 1. The van der Waals surface area contributed by atoms with Crippen molar-refractivity contribution in [1.82, 2.24) is 0 Å². The lowest BCUT2D eigenvalue weighted by Gasteiger charge is -2.39. The molecule has 0 bridgehead atoms. The minimum Gasteiger partial charge on any atom is -0.368 e. The van der Waals surface area contributed by atoms with E-state index in [0.29, 0.717) is 22.5 Å². The van der Waals surface area contributed by atoms with Crippen molar-refractivity contribution < 1.29 is 4.79 Å². The van der Waals surface area contributed by atoms with Gasteiger partial charge >= 0.3 is 0 Å². The van der Waals surface area contributed by atoms with Gasteiger partial charge in [-0.15, -0.1) is 0 Å². The lowest BCUT2D eigenvalue weighted by atomic mass is 9.94. The van der Waals surface area contributed by atoms with Crippen LogP contribution in [-0.2, 0) is 0 Å². The highest BCUT2D eigenvalue weighted by Gasteiger charge is 2.24. The van der Waals surface area contributed by atoms with Crippen LogP contribution in [0.4, 0.5) is 5.69 Å². The SMILES string of the molecule is CC1CCC(C)N(c2ccc(Cl)cc2C=O)C1. The van der Waals surface area contributed by atoms with Crippen LogP contribution in [0.1, 0.15) is 37.0 Å². The summed E-state index contributed by atoms with van der Waals surface area (Å²) in [5, 5.41) is 0.619. The van der Waals surface area contributed by atoms with Gasteiger partial charge in [0, 0.05) is 28.9 Å². The first-order valence-electron chi connectivity index (χ1n) is 6.13. The molecule has 2 rings (SSSR count). The molecule has 0 aromatic heterocycles. The fourth-order valence-electron chi connectivity index (χ4n) is 2.51. The largest absolute Gasteiger partial charge is 0.368 e. The van der Waals surface area contributed by atoms with Crippen LogP contribution < -0.4 is 4.90 Å². The first-order valence-corrected chi connectivity index (χ1v) is 6.51. The van der Waals surface area contributed by atoms with E-state index in [1.165, 1.54) is 12.8 Å². The van der Waals surface area contributed by atoms with Gasteiger partial charge in [0.05, 0.1) is 0 Å². The molecular weight excluding hydrogens is 234 g/mol. The lowest BCUT2D eigenvalue weighted by Crippen LogP contribution is -2.41. The topological polar surface area (TPSA) is 20.3 Å². The van der Waals surface area contributed by atoms with E-state index in [-0.39, 0.29) is 0 Å². The van der Waals surface area contributed by atoms with Crippen LogP contribution in [0.5, 0.6) is 0 Å². The van der Waals surface area contributed by atoms with E-state index in [1.54, 1.807) is 6.07 Å². The van der Waals surface area contributed by atoms with Gasteiger partial charge in [0.1, 0.15) is 0 Å². The van der Waals surface area contributed by atoms with Crippen LogP contribution >= 0.6 is 11.6 Å². The van der Waals surface area contributed by atoms with Gasteiger partial charge < -0.3 is 4.90 Å². The van der Waals surface area contributed by atoms with E-state index in [0.717, 1.165) is 18.5 Å². The number of nitrogens with zero attached hydrogens (tertiary/aromatic N) is 1. The molecule has 1 aliphatic rings. The van der Waals surface area contributed by atoms with E-state index < -0.39 is 0 Å². The molecule has 17 heavy (non-hydrogen) atoms. The van der Waals surface area contributed by atoms with Crippen LogP contribution in [0.25, 0.3) is 0 Å². The molecule has 1 saturated heterocycles. The highest BCUT2D eigenvalue weighted by Crippen LogP contribution is 2.30. The van der Waals surface area contributed by atoms with Crippen molar-refractivity contribution in [2.75, 3.05) is 11.4 Å². The van der Waals surface area contributed by atoms with Gasteiger partial charge in [-0.25, -0.2) is 0 Å². The van der Waals surface area contributed by atoms with Crippen molar-refractivity contribution in [1.29, 1.82) is 0 Å². The highest BCUT2D eigenvalue weighted by molar-refractivity contribution is 6.31. The van der Waals surface area contributed by atoms with Gasteiger partial charge in [-0.2, -0.15) is 0 Å². The molecule has 0 saturated carbocycles. The Bertz CT molecular complexity index is 419. The fourth-order valence-corrected chi connectivity index (χ4v) is 2.69. The summed E-state index contributed by atoms with van der Waals surface area (Å²) in [6.45, 7) is 5.49. The predicted molar refractivity (Wildman–Crippen MR) is 72.0 cm³/mol. The first-order chi connectivity index (χ1) is 8.11. The maximum atomic E-state index is 11.1. The number of anilines is 1. The molecule has 92 valence electrons. The Kier molecular flexibility index (Phi) is 3.72. The summed E-state index contributed by atoms with van der Waals surface area (Å²) in [5.74, 6) is 0.682. The second-order valence-corrected chi connectivity index (χ2v) is 5.44. The van der Waals surface area contributed by atoms with Crippen LogP contribution in [0.3, 0.4) is 0 Å². The van der Waals surface area contributed by atoms with Crippen molar-refractivity contribution in [3.63, 3.8) is 0 Å². The molecule has 2 nitrogen and oxygen atoms in total. The summed E-state index contributed by atoms with van der Waals surface area (Å²) in [6.07, 6.45) is 3.34. The predicted octanol–water partition coefficient (Wildman–Crippen LogP) is 3.78. The molecule has 1 fully saturated rings. The number of rotatable bonds is 2. The highest BCUT2D eigenvalue weighted by atomic mass is 35.5. The molecule has 1 aromatic carbocycles. The number of aldehydes is 1. The zero-order valence-corrected chi connectivity index (χ0v) is 11.1. The minimum absolute atomic E-state index is 0.492. The second kappa shape index (κ2) is 5.09. The van der Waals surface area contributed by atoms with E-state index in [9.17, 15) is 4.79 Å². The third-order valence-electron chi connectivity index (χ3n) is 3.54. The smallest absolute Gasteiger partial charge is 0.152 e. The van der Waals surface area contributed by atoms with E-state index in [2.05, 4.69) is 18.7 Å². The molecule has 1 aromatic rings. The van der Waals surface area contributed by atoms with Gasteiger partial charge in [0.25, 0.3) is 0 Å². The number of halogens is 1. The van der Waals surface area contributed by atoms with Gasteiger partial charge in [0.15, 0.2) is 6.29 Å². The summed E-state index contributed by atoms with van der Waals surface area (Å²) in [7, 11) is 0. The quantitative estimate of drug-likeness (QED) is 0.746. The summed E-state index contributed by atoms with van der Waals surface area (Å²) in [6, 6.07) is 6.05. The monoisotopic (exact) mass is 251 g/mol. The number of benzene rings is 1. The number of hydrogen-bond donors (Lipinski definition) is 0. The van der Waals surface area contributed by atoms with E-state index >= 15 is 0 Å².